The van der Waals surface area contributed by atoms with Crippen molar-refractivity contribution in [3.8, 4) is 11.6 Å². The average Bonchev–Trinajstić information content (AvgIpc) is 2.58. The zero-order valence-electron chi connectivity index (χ0n) is 12.4. The summed E-state index contributed by atoms with van der Waals surface area (Å²) in [6.07, 6.45) is 1.78. The first-order chi connectivity index (χ1) is 10.7. The molecule has 0 aliphatic rings. The lowest BCUT2D eigenvalue weighted by molar-refractivity contribution is 0.458. The number of para-hydroxylation sites is 1. The molecule has 0 saturated heterocycles. The van der Waals surface area contributed by atoms with Crippen LogP contribution < -0.4 is 10.5 Å². The van der Waals surface area contributed by atoms with Gasteiger partial charge in [-0.3, -0.25) is 0 Å². The minimum absolute atomic E-state index is 0.182. The van der Waals surface area contributed by atoms with Crippen LogP contribution in [-0.4, -0.2) is 4.98 Å². The van der Waals surface area contributed by atoms with Gasteiger partial charge in [0.1, 0.15) is 5.75 Å². The van der Waals surface area contributed by atoms with E-state index in [9.17, 15) is 0 Å². The van der Waals surface area contributed by atoms with Gasteiger partial charge in [-0.25, -0.2) is 4.98 Å². The molecule has 0 fully saturated rings. The van der Waals surface area contributed by atoms with E-state index in [1.54, 1.807) is 6.20 Å². The summed E-state index contributed by atoms with van der Waals surface area (Å²) in [5.41, 5.74) is 9.32. The van der Waals surface area contributed by atoms with E-state index < -0.39 is 0 Å². The summed E-state index contributed by atoms with van der Waals surface area (Å²) in [7, 11) is 0. The zero-order valence-corrected chi connectivity index (χ0v) is 12.4. The molecule has 1 atom stereocenters. The van der Waals surface area contributed by atoms with Gasteiger partial charge in [-0.2, -0.15) is 0 Å². The van der Waals surface area contributed by atoms with Crippen molar-refractivity contribution in [3.05, 3.63) is 89.6 Å². The van der Waals surface area contributed by atoms with Crippen molar-refractivity contribution >= 4 is 0 Å². The van der Waals surface area contributed by atoms with E-state index in [1.165, 1.54) is 0 Å². The fourth-order valence-electron chi connectivity index (χ4n) is 2.31. The van der Waals surface area contributed by atoms with Gasteiger partial charge in [0.15, 0.2) is 0 Å². The van der Waals surface area contributed by atoms with E-state index in [2.05, 4.69) is 4.98 Å². The first kappa shape index (κ1) is 14.3. The Hall–Kier alpha value is -2.65. The fraction of sp³-hybridized carbons (Fsp3) is 0.105. The molecule has 3 heteroatoms. The summed E-state index contributed by atoms with van der Waals surface area (Å²) in [6, 6.07) is 21.5. The Morgan fingerprint density at radius 3 is 2.18 bits per heavy atom. The second kappa shape index (κ2) is 6.41. The highest BCUT2D eigenvalue weighted by molar-refractivity contribution is 5.37. The maximum absolute atomic E-state index is 6.31. The average molecular weight is 290 g/mol. The quantitative estimate of drug-likeness (QED) is 0.782. The highest BCUT2D eigenvalue weighted by atomic mass is 16.5. The van der Waals surface area contributed by atoms with Crippen molar-refractivity contribution < 1.29 is 4.74 Å². The second-order valence-electron chi connectivity index (χ2n) is 5.19. The Morgan fingerprint density at radius 1 is 0.909 bits per heavy atom. The highest BCUT2D eigenvalue weighted by Gasteiger charge is 2.11. The van der Waals surface area contributed by atoms with Crippen LogP contribution >= 0.6 is 0 Å². The molecule has 2 aromatic carbocycles. The molecular formula is C19H18N2O. The lowest BCUT2D eigenvalue weighted by Gasteiger charge is -2.14. The number of benzene rings is 2. The van der Waals surface area contributed by atoms with Gasteiger partial charge in [-0.15, -0.1) is 0 Å². The summed E-state index contributed by atoms with van der Waals surface area (Å²) in [5.74, 6) is 1.38. The van der Waals surface area contributed by atoms with Crippen molar-refractivity contribution in [3.63, 3.8) is 0 Å². The van der Waals surface area contributed by atoms with E-state index >= 15 is 0 Å². The van der Waals surface area contributed by atoms with Gasteiger partial charge in [0, 0.05) is 11.8 Å². The van der Waals surface area contributed by atoms with E-state index in [0.29, 0.717) is 5.88 Å². The molecule has 1 aromatic heterocycles. The molecule has 22 heavy (non-hydrogen) atoms. The number of aryl methyl sites for hydroxylation is 1. The lowest BCUT2D eigenvalue weighted by atomic mass is 10.0. The molecule has 110 valence electrons. The van der Waals surface area contributed by atoms with Crippen LogP contribution in [0.2, 0.25) is 0 Å². The zero-order chi connectivity index (χ0) is 15.4. The molecule has 3 rings (SSSR count). The van der Waals surface area contributed by atoms with Crippen LogP contribution in [0.25, 0.3) is 0 Å². The number of ether oxygens (including phenoxy) is 1. The van der Waals surface area contributed by atoms with Crippen LogP contribution in [0.4, 0.5) is 0 Å². The predicted molar refractivity (Wildman–Crippen MR) is 88.0 cm³/mol. The molecule has 1 unspecified atom stereocenters. The van der Waals surface area contributed by atoms with E-state index in [4.69, 9.17) is 10.5 Å². The first-order valence-electron chi connectivity index (χ1n) is 7.24. The van der Waals surface area contributed by atoms with Crippen LogP contribution in [-0.2, 0) is 0 Å². The number of nitrogens with two attached hydrogens (primary N) is 1. The Kier molecular flexibility index (Phi) is 4.17. The predicted octanol–water partition coefficient (Wildman–Crippen LogP) is 4.23. The van der Waals surface area contributed by atoms with Crippen molar-refractivity contribution in [2.24, 2.45) is 5.73 Å². The fourth-order valence-corrected chi connectivity index (χ4v) is 2.31. The topological polar surface area (TPSA) is 48.1 Å². The van der Waals surface area contributed by atoms with Gasteiger partial charge in [-0.1, -0.05) is 48.5 Å². The molecule has 3 aromatic rings. The molecule has 0 saturated carbocycles. The minimum atomic E-state index is -0.182. The molecule has 0 aliphatic carbocycles. The smallest absolute Gasteiger partial charge is 0.222 e. The molecule has 1 heterocycles. The van der Waals surface area contributed by atoms with Gasteiger partial charge in [0.25, 0.3) is 0 Å². The molecule has 0 bridgehead atoms. The van der Waals surface area contributed by atoms with Gasteiger partial charge in [0.05, 0.1) is 6.04 Å². The summed E-state index contributed by atoms with van der Waals surface area (Å²) >= 11 is 0. The molecule has 0 amide bonds. The third-order valence-electron chi connectivity index (χ3n) is 3.53. The Bertz CT molecular complexity index is 742. The van der Waals surface area contributed by atoms with E-state index in [1.807, 2.05) is 73.7 Å². The number of aromatic nitrogens is 1. The summed E-state index contributed by atoms with van der Waals surface area (Å²) in [4.78, 5) is 4.42. The van der Waals surface area contributed by atoms with Crippen LogP contribution in [0.1, 0.15) is 22.7 Å². The second-order valence-corrected chi connectivity index (χ2v) is 5.19. The van der Waals surface area contributed by atoms with Crippen molar-refractivity contribution in [1.82, 2.24) is 4.98 Å². The van der Waals surface area contributed by atoms with Crippen molar-refractivity contribution in [2.75, 3.05) is 0 Å². The van der Waals surface area contributed by atoms with Crippen molar-refractivity contribution in [1.29, 1.82) is 0 Å². The van der Waals surface area contributed by atoms with Crippen molar-refractivity contribution in [2.45, 2.75) is 13.0 Å². The number of rotatable bonds is 4. The van der Waals surface area contributed by atoms with Gasteiger partial charge in [0.2, 0.25) is 5.88 Å². The minimum Gasteiger partial charge on any atom is -0.439 e. The summed E-state index contributed by atoms with van der Waals surface area (Å²) < 4.78 is 5.80. The number of hydrogen-bond donors (Lipinski definition) is 1. The number of nitrogens with zero attached hydrogens (tertiary/aromatic N) is 1. The van der Waals surface area contributed by atoms with Crippen LogP contribution in [0.5, 0.6) is 11.6 Å². The number of pyridine rings is 1. The maximum atomic E-state index is 6.31. The standard InChI is InChI=1S/C19H18N2O/c1-14-12-16(18(20)15-8-4-2-5-9-15)13-21-19(14)22-17-10-6-3-7-11-17/h2-13,18H,20H2,1H3. The molecule has 3 nitrogen and oxygen atoms in total. The van der Waals surface area contributed by atoms with Crippen LogP contribution in [0.3, 0.4) is 0 Å². The summed E-state index contributed by atoms with van der Waals surface area (Å²) in [5, 5.41) is 0. The molecular weight excluding hydrogens is 272 g/mol. The monoisotopic (exact) mass is 290 g/mol. The lowest BCUT2D eigenvalue weighted by Crippen LogP contribution is -2.12. The normalized spacial score (nSPS) is 11.9. The summed E-state index contributed by atoms with van der Waals surface area (Å²) in [6.45, 7) is 1.98. The molecule has 0 radical (unpaired) electrons. The Morgan fingerprint density at radius 2 is 1.55 bits per heavy atom. The van der Waals surface area contributed by atoms with Crippen LogP contribution in [0, 0.1) is 6.92 Å². The van der Waals surface area contributed by atoms with E-state index in [-0.39, 0.29) is 6.04 Å². The van der Waals surface area contributed by atoms with Gasteiger partial charge in [-0.05, 0) is 36.2 Å². The number of hydrogen-bond acceptors (Lipinski definition) is 3. The Balaban J connectivity index is 1.83. The van der Waals surface area contributed by atoms with Crippen LogP contribution in [0.15, 0.2) is 72.9 Å². The largest absolute Gasteiger partial charge is 0.439 e. The molecule has 0 spiro atoms. The highest BCUT2D eigenvalue weighted by Crippen LogP contribution is 2.26. The molecule has 0 aliphatic heterocycles. The van der Waals surface area contributed by atoms with Gasteiger partial charge >= 0.3 is 0 Å². The first-order valence-corrected chi connectivity index (χ1v) is 7.24. The maximum Gasteiger partial charge on any atom is 0.222 e. The molecule has 2 N–H and O–H groups in total. The van der Waals surface area contributed by atoms with Gasteiger partial charge < -0.3 is 10.5 Å². The van der Waals surface area contributed by atoms with E-state index in [0.717, 1.165) is 22.4 Å². The third-order valence-corrected chi connectivity index (χ3v) is 3.53. The SMILES string of the molecule is Cc1cc(C(N)c2ccccc2)cnc1Oc1ccccc1. The third kappa shape index (κ3) is 3.15. The Labute approximate surface area is 130 Å².